The molecule has 0 aromatic rings. The SMILES string of the molecule is C.CCCOC(=O)CCN1CCN(CCC(=O)OCCC)C1.CCCOC(=O)CCN1CCN(CCC(=O)OCCC)CC1. The summed E-state index contributed by atoms with van der Waals surface area (Å²) in [5.41, 5.74) is 0. The second-order valence-corrected chi connectivity index (χ2v) is 10.9. The fraction of sp³-hybridized carbons (Fsp3) is 0.875. The smallest absolute Gasteiger partial charge is 0.307 e. The van der Waals surface area contributed by atoms with Crippen LogP contribution in [-0.4, -0.2) is 142 Å². The molecule has 44 heavy (non-hydrogen) atoms. The zero-order valence-electron chi connectivity index (χ0n) is 27.3. The van der Waals surface area contributed by atoms with Crippen LogP contribution in [0.1, 0.15) is 86.5 Å². The fourth-order valence-corrected chi connectivity index (χ4v) is 4.46. The Bertz CT molecular complexity index is 715. The van der Waals surface area contributed by atoms with Gasteiger partial charge in [0.2, 0.25) is 0 Å². The highest BCUT2D eigenvalue weighted by molar-refractivity contribution is 5.70. The minimum absolute atomic E-state index is 0. The van der Waals surface area contributed by atoms with E-state index < -0.39 is 0 Å². The maximum Gasteiger partial charge on any atom is 0.307 e. The maximum atomic E-state index is 11.5. The van der Waals surface area contributed by atoms with Crippen LogP contribution in [0.15, 0.2) is 0 Å². The molecule has 0 aliphatic carbocycles. The van der Waals surface area contributed by atoms with E-state index in [-0.39, 0.29) is 31.3 Å². The highest BCUT2D eigenvalue weighted by Crippen LogP contribution is 2.08. The van der Waals surface area contributed by atoms with Gasteiger partial charge in [-0.05, 0) is 25.7 Å². The monoisotopic (exact) mass is 630 g/mol. The predicted octanol–water partition coefficient (Wildman–Crippen LogP) is 3.17. The first-order valence-corrected chi connectivity index (χ1v) is 16.3. The molecule has 0 amide bonds. The molecule has 258 valence electrons. The van der Waals surface area contributed by atoms with E-state index in [0.29, 0.717) is 52.1 Å². The molecule has 2 heterocycles. The Hall–Kier alpha value is -2.28. The average molecular weight is 631 g/mol. The van der Waals surface area contributed by atoms with Crippen molar-refractivity contribution in [2.75, 3.05) is 98.5 Å². The normalized spacial score (nSPS) is 15.9. The molecule has 0 atom stereocenters. The molecule has 0 aromatic carbocycles. The zero-order chi connectivity index (χ0) is 31.7. The maximum absolute atomic E-state index is 11.5. The Labute approximate surface area is 266 Å². The Kier molecular flexibility index (Phi) is 25.7. The van der Waals surface area contributed by atoms with Gasteiger partial charge < -0.3 is 28.7 Å². The Morgan fingerprint density at radius 2 is 0.659 bits per heavy atom. The molecule has 2 rings (SSSR count). The second-order valence-electron chi connectivity index (χ2n) is 10.9. The Morgan fingerprint density at radius 3 is 0.909 bits per heavy atom. The molecule has 0 radical (unpaired) electrons. The number of piperazine rings is 1. The van der Waals surface area contributed by atoms with E-state index in [2.05, 4.69) is 19.6 Å². The van der Waals surface area contributed by atoms with Gasteiger partial charge >= 0.3 is 23.9 Å². The quantitative estimate of drug-likeness (QED) is 0.145. The molecule has 0 N–H and O–H groups in total. The Balaban J connectivity index is 0.000000823. The lowest BCUT2D eigenvalue weighted by Gasteiger charge is -2.34. The first-order chi connectivity index (χ1) is 20.8. The minimum atomic E-state index is -0.126. The van der Waals surface area contributed by atoms with Crippen LogP contribution >= 0.6 is 0 Å². The summed E-state index contributed by atoms with van der Waals surface area (Å²) in [4.78, 5) is 54.8. The molecule has 0 aromatic heterocycles. The van der Waals surface area contributed by atoms with Crippen LogP contribution in [-0.2, 0) is 38.1 Å². The topological polar surface area (TPSA) is 118 Å². The minimum Gasteiger partial charge on any atom is -0.466 e. The number of nitrogens with zero attached hydrogens (tertiary/aromatic N) is 4. The van der Waals surface area contributed by atoms with Gasteiger partial charge in [-0.15, -0.1) is 0 Å². The molecule has 2 aliphatic rings. The lowest BCUT2D eigenvalue weighted by atomic mass is 10.2. The summed E-state index contributed by atoms with van der Waals surface area (Å²) in [6.45, 7) is 19.4. The number of hydrogen-bond donors (Lipinski definition) is 0. The van der Waals surface area contributed by atoms with Crippen molar-refractivity contribution in [2.45, 2.75) is 86.5 Å². The number of rotatable bonds is 20. The van der Waals surface area contributed by atoms with Crippen molar-refractivity contribution >= 4 is 23.9 Å². The molecular formula is C32H62N4O8. The molecule has 12 heteroatoms. The van der Waals surface area contributed by atoms with E-state index in [1.807, 2.05) is 27.7 Å². The van der Waals surface area contributed by atoms with E-state index in [1.165, 1.54) is 0 Å². The van der Waals surface area contributed by atoms with Gasteiger partial charge in [-0.3, -0.25) is 29.0 Å². The summed E-state index contributed by atoms with van der Waals surface area (Å²) in [5, 5.41) is 0. The third kappa shape index (κ3) is 21.4. The van der Waals surface area contributed by atoms with E-state index in [0.717, 1.165) is 97.8 Å². The van der Waals surface area contributed by atoms with Gasteiger partial charge in [-0.1, -0.05) is 35.1 Å². The predicted molar refractivity (Wildman–Crippen MR) is 171 cm³/mol. The summed E-state index contributed by atoms with van der Waals surface area (Å²) in [5.74, 6) is -0.470. The van der Waals surface area contributed by atoms with Crippen LogP contribution in [0.25, 0.3) is 0 Å². The highest BCUT2D eigenvalue weighted by Gasteiger charge is 2.21. The van der Waals surface area contributed by atoms with Gasteiger partial charge in [0.05, 0.1) is 58.8 Å². The first kappa shape index (κ1) is 41.7. The summed E-state index contributed by atoms with van der Waals surface area (Å²) in [6, 6.07) is 0. The number of carbonyl (C=O) groups is 4. The van der Waals surface area contributed by atoms with Gasteiger partial charge in [0.25, 0.3) is 0 Å². The summed E-state index contributed by atoms with van der Waals surface area (Å²) < 4.78 is 20.3. The molecule has 2 saturated heterocycles. The standard InChI is InChI=1S/C16H30N2O4.C15H28N2O4.CH4/c1-3-13-21-15(19)5-7-17-9-11-18(12-10-17)8-6-16(20)22-14-4-2;1-3-11-20-14(18)5-7-16-9-10-17(13-16)8-6-15(19)21-12-4-2;/h3-14H2,1-2H3;3-13H2,1-2H3;1H4. The lowest BCUT2D eigenvalue weighted by molar-refractivity contribution is -0.145. The third-order valence-electron chi connectivity index (χ3n) is 6.99. The van der Waals surface area contributed by atoms with Crippen LogP contribution in [0.5, 0.6) is 0 Å². The largest absolute Gasteiger partial charge is 0.466 e. The van der Waals surface area contributed by atoms with Crippen LogP contribution in [0.2, 0.25) is 0 Å². The van der Waals surface area contributed by atoms with Crippen molar-refractivity contribution in [1.29, 1.82) is 0 Å². The number of carbonyl (C=O) groups excluding carboxylic acids is 4. The van der Waals surface area contributed by atoms with Crippen LogP contribution < -0.4 is 0 Å². The van der Waals surface area contributed by atoms with Gasteiger partial charge in [-0.25, -0.2) is 0 Å². The number of esters is 4. The molecule has 2 fully saturated rings. The molecule has 12 nitrogen and oxygen atoms in total. The zero-order valence-corrected chi connectivity index (χ0v) is 27.3. The van der Waals surface area contributed by atoms with Gasteiger partial charge in [0, 0.05) is 65.4 Å². The van der Waals surface area contributed by atoms with Crippen molar-refractivity contribution in [2.24, 2.45) is 0 Å². The first-order valence-electron chi connectivity index (χ1n) is 16.3. The number of ether oxygens (including phenoxy) is 4. The molecule has 0 saturated carbocycles. The molecular weight excluding hydrogens is 568 g/mol. The number of hydrogen-bond acceptors (Lipinski definition) is 12. The van der Waals surface area contributed by atoms with Crippen LogP contribution in [0, 0.1) is 0 Å². The summed E-state index contributed by atoms with van der Waals surface area (Å²) >= 11 is 0. The highest BCUT2D eigenvalue weighted by atomic mass is 16.5. The van der Waals surface area contributed by atoms with E-state index in [4.69, 9.17) is 18.9 Å². The fourth-order valence-electron chi connectivity index (χ4n) is 4.46. The average Bonchev–Trinajstić information content (AvgIpc) is 3.49. The lowest BCUT2D eigenvalue weighted by Crippen LogP contribution is -2.47. The second kappa shape index (κ2) is 27.1. The van der Waals surface area contributed by atoms with Crippen molar-refractivity contribution in [3.63, 3.8) is 0 Å². The van der Waals surface area contributed by atoms with E-state index >= 15 is 0 Å². The van der Waals surface area contributed by atoms with Crippen LogP contribution in [0.4, 0.5) is 0 Å². The van der Waals surface area contributed by atoms with E-state index in [9.17, 15) is 19.2 Å². The van der Waals surface area contributed by atoms with Crippen LogP contribution in [0.3, 0.4) is 0 Å². The van der Waals surface area contributed by atoms with Crippen molar-refractivity contribution in [3.8, 4) is 0 Å². The van der Waals surface area contributed by atoms with Gasteiger partial charge in [-0.2, -0.15) is 0 Å². The van der Waals surface area contributed by atoms with Crippen molar-refractivity contribution in [3.05, 3.63) is 0 Å². The van der Waals surface area contributed by atoms with Gasteiger partial charge in [0.15, 0.2) is 0 Å². The summed E-state index contributed by atoms with van der Waals surface area (Å²) in [6.07, 6.45) is 5.25. The van der Waals surface area contributed by atoms with Gasteiger partial charge in [0.1, 0.15) is 0 Å². The van der Waals surface area contributed by atoms with Crippen molar-refractivity contribution < 1.29 is 38.1 Å². The van der Waals surface area contributed by atoms with E-state index in [1.54, 1.807) is 0 Å². The Morgan fingerprint density at radius 1 is 0.432 bits per heavy atom. The third-order valence-corrected chi connectivity index (χ3v) is 6.99. The molecule has 2 aliphatic heterocycles. The van der Waals surface area contributed by atoms with Crippen molar-refractivity contribution in [1.82, 2.24) is 19.6 Å². The molecule has 0 bridgehead atoms. The summed E-state index contributed by atoms with van der Waals surface area (Å²) in [7, 11) is 0. The molecule has 0 unspecified atom stereocenters. The molecule has 0 spiro atoms.